The number of hydrogen-bond donors (Lipinski definition) is 0. The molecule has 0 heterocycles. The number of carbonyl (C=O) groups is 1. The second-order valence-electron chi connectivity index (χ2n) is 5.24. The lowest BCUT2D eigenvalue weighted by molar-refractivity contribution is -0.133. The first-order valence-corrected chi connectivity index (χ1v) is 7.29. The van der Waals surface area contributed by atoms with Crippen molar-refractivity contribution < 1.29 is 14.3 Å². The normalized spacial score (nSPS) is 14.5. The molecule has 20 heavy (non-hydrogen) atoms. The number of carbonyl (C=O) groups excluding carboxylic acids is 1. The van der Waals surface area contributed by atoms with Crippen LogP contribution < -0.4 is 9.47 Å². The molecule has 1 saturated carbocycles. The molecule has 0 saturated heterocycles. The molecule has 0 N–H and O–H groups in total. The third-order valence-electron chi connectivity index (χ3n) is 3.68. The summed E-state index contributed by atoms with van der Waals surface area (Å²) in [5, 5.41) is 0. The molecular formula is C16H23NO3. The summed E-state index contributed by atoms with van der Waals surface area (Å²) in [6.07, 6.45) is 3.78. The van der Waals surface area contributed by atoms with E-state index in [1.165, 1.54) is 19.3 Å². The minimum Gasteiger partial charge on any atom is -0.490 e. The molecule has 1 aliphatic carbocycles. The van der Waals surface area contributed by atoms with E-state index in [4.69, 9.17) is 9.47 Å². The lowest BCUT2D eigenvalue weighted by Crippen LogP contribution is -2.37. The highest BCUT2D eigenvalue weighted by Crippen LogP contribution is 2.27. The largest absolute Gasteiger partial charge is 0.490 e. The van der Waals surface area contributed by atoms with E-state index in [0.717, 1.165) is 6.54 Å². The number of nitrogens with zero attached hydrogens (tertiary/aromatic N) is 1. The van der Waals surface area contributed by atoms with Crippen LogP contribution in [0.25, 0.3) is 0 Å². The fourth-order valence-corrected chi connectivity index (χ4v) is 2.26. The van der Waals surface area contributed by atoms with Gasteiger partial charge in [-0.3, -0.25) is 4.79 Å². The molecule has 0 radical (unpaired) electrons. The standard InChI is InChI=1S/C16H23NO3/c1-3-19-14-9-4-5-10-15(14)20-12-16(18)17(2)11-13-7-6-8-13/h4-5,9-10,13H,3,6-8,11-12H2,1-2H3. The first kappa shape index (κ1) is 14.7. The third kappa shape index (κ3) is 3.89. The molecule has 1 fully saturated rings. The molecule has 2 rings (SSSR count). The summed E-state index contributed by atoms with van der Waals surface area (Å²) < 4.78 is 11.1. The highest BCUT2D eigenvalue weighted by atomic mass is 16.5. The van der Waals surface area contributed by atoms with E-state index in [1.54, 1.807) is 4.90 Å². The minimum atomic E-state index is 0.0169. The summed E-state index contributed by atoms with van der Waals surface area (Å²) in [6, 6.07) is 7.44. The van der Waals surface area contributed by atoms with Crippen LogP contribution in [-0.4, -0.2) is 37.6 Å². The summed E-state index contributed by atoms with van der Waals surface area (Å²) in [7, 11) is 1.85. The average Bonchev–Trinajstić information content (AvgIpc) is 2.41. The zero-order chi connectivity index (χ0) is 14.4. The van der Waals surface area contributed by atoms with Crippen LogP contribution in [0.15, 0.2) is 24.3 Å². The smallest absolute Gasteiger partial charge is 0.260 e. The van der Waals surface area contributed by atoms with Crippen LogP contribution in [0.2, 0.25) is 0 Å². The topological polar surface area (TPSA) is 38.8 Å². The number of benzene rings is 1. The fraction of sp³-hybridized carbons (Fsp3) is 0.562. The van der Waals surface area contributed by atoms with Gasteiger partial charge in [-0.15, -0.1) is 0 Å². The monoisotopic (exact) mass is 277 g/mol. The number of amides is 1. The van der Waals surface area contributed by atoms with E-state index in [1.807, 2.05) is 38.2 Å². The van der Waals surface area contributed by atoms with Crippen molar-refractivity contribution in [2.24, 2.45) is 5.92 Å². The summed E-state index contributed by atoms with van der Waals surface area (Å²) >= 11 is 0. The van der Waals surface area contributed by atoms with Gasteiger partial charge in [0.05, 0.1) is 6.61 Å². The number of para-hydroxylation sites is 2. The quantitative estimate of drug-likeness (QED) is 0.769. The van der Waals surface area contributed by atoms with Gasteiger partial charge in [-0.1, -0.05) is 18.6 Å². The maximum atomic E-state index is 12.0. The molecule has 1 aromatic rings. The van der Waals surface area contributed by atoms with Crippen LogP contribution in [0.4, 0.5) is 0 Å². The Kier molecular flexibility index (Phi) is 5.27. The Bertz CT molecular complexity index is 443. The molecule has 0 aliphatic heterocycles. The maximum absolute atomic E-state index is 12.0. The minimum absolute atomic E-state index is 0.0169. The molecular weight excluding hydrogens is 254 g/mol. The van der Waals surface area contributed by atoms with Crippen molar-refractivity contribution in [3.63, 3.8) is 0 Å². The Morgan fingerprint density at radius 3 is 2.45 bits per heavy atom. The van der Waals surface area contributed by atoms with Gasteiger partial charge in [-0.2, -0.15) is 0 Å². The predicted molar refractivity (Wildman–Crippen MR) is 78.1 cm³/mol. The highest BCUT2D eigenvalue weighted by molar-refractivity contribution is 5.77. The van der Waals surface area contributed by atoms with Crippen LogP contribution in [0.5, 0.6) is 11.5 Å². The SMILES string of the molecule is CCOc1ccccc1OCC(=O)N(C)CC1CCC1. The lowest BCUT2D eigenvalue weighted by atomic mass is 9.85. The molecule has 4 nitrogen and oxygen atoms in total. The van der Waals surface area contributed by atoms with Crippen LogP contribution in [-0.2, 0) is 4.79 Å². The van der Waals surface area contributed by atoms with Crippen molar-refractivity contribution in [1.82, 2.24) is 4.90 Å². The fourth-order valence-electron chi connectivity index (χ4n) is 2.26. The molecule has 0 aromatic heterocycles. The molecule has 1 aliphatic rings. The second kappa shape index (κ2) is 7.17. The Morgan fingerprint density at radius 2 is 1.90 bits per heavy atom. The van der Waals surface area contributed by atoms with Crippen molar-refractivity contribution in [3.8, 4) is 11.5 Å². The van der Waals surface area contributed by atoms with Crippen molar-refractivity contribution in [1.29, 1.82) is 0 Å². The number of hydrogen-bond acceptors (Lipinski definition) is 3. The Hall–Kier alpha value is -1.71. The summed E-state index contributed by atoms with van der Waals surface area (Å²) in [4.78, 5) is 13.8. The van der Waals surface area contributed by atoms with Gasteiger partial charge >= 0.3 is 0 Å². The average molecular weight is 277 g/mol. The molecule has 1 amide bonds. The molecule has 110 valence electrons. The van der Waals surface area contributed by atoms with Crippen molar-refractivity contribution in [2.45, 2.75) is 26.2 Å². The van der Waals surface area contributed by atoms with Gasteiger partial charge in [0.25, 0.3) is 5.91 Å². The molecule has 1 aromatic carbocycles. The molecule has 4 heteroatoms. The van der Waals surface area contributed by atoms with Gasteiger partial charge in [-0.25, -0.2) is 0 Å². The number of likely N-dealkylation sites (N-methyl/N-ethyl adjacent to an activating group) is 1. The van der Waals surface area contributed by atoms with Crippen LogP contribution in [0.1, 0.15) is 26.2 Å². The van der Waals surface area contributed by atoms with Crippen LogP contribution in [0, 0.1) is 5.92 Å². The van der Waals surface area contributed by atoms with Gasteiger partial charge in [0.1, 0.15) is 0 Å². The zero-order valence-electron chi connectivity index (χ0n) is 12.3. The zero-order valence-corrected chi connectivity index (χ0v) is 12.3. The van der Waals surface area contributed by atoms with Crippen LogP contribution >= 0.6 is 0 Å². The second-order valence-corrected chi connectivity index (χ2v) is 5.24. The summed E-state index contributed by atoms with van der Waals surface area (Å²) in [6.45, 7) is 3.41. The number of ether oxygens (including phenoxy) is 2. The Balaban J connectivity index is 1.82. The lowest BCUT2D eigenvalue weighted by Gasteiger charge is -2.30. The summed E-state index contributed by atoms with van der Waals surface area (Å²) in [5.41, 5.74) is 0. The molecule has 0 atom stereocenters. The predicted octanol–water partition coefficient (Wildman–Crippen LogP) is 2.72. The van der Waals surface area contributed by atoms with Gasteiger partial charge in [-0.05, 0) is 37.8 Å². The Morgan fingerprint density at radius 1 is 1.25 bits per heavy atom. The van der Waals surface area contributed by atoms with Crippen molar-refractivity contribution in [3.05, 3.63) is 24.3 Å². The van der Waals surface area contributed by atoms with E-state index in [9.17, 15) is 4.79 Å². The molecule has 0 bridgehead atoms. The van der Waals surface area contributed by atoms with Gasteiger partial charge in [0.15, 0.2) is 18.1 Å². The van der Waals surface area contributed by atoms with Crippen LogP contribution in [0.3, 0.4) is 0 Å². The summed E-state index contributed by atoms with van der Waals surface area (Å²) in [5.74, 6) is 2.01. The maximum Gasteiger partial charge on any atom is 0.260 e. The van der Waals surface area contributed by atoms with Gasteiger partial charge in [0.2, 0.25) is 0 Å². The third-order valence-corrected chi connectivity index (χ3v) is 3.68. The van der Waals surface area contributed by atoms with Gasteiger partial charge in [0, 0.05) is 13.6 Å². The van der Waals surface area contributed by atoms with E-state index >= 15 is 0 Å². The first-order chi connectivity index (χ1) is 9.70. The highest BCUT2D eigenvalue weighted by Gasteiger charge is 2.21. The van der Waals surface area contributed by atoms with E-state index in [-0.39, 0.29) is 12.5 Å². The van der Waals surface area contributed by atoms with E-state index < -0.39 is 0 Å². The molecule has 0 unspecified atom stereocenters. The van der Waals surface area contributed by atoms with E-state index in [0.29, 0.717) is 24.0 Å². The first-order valence-electron chi connectivity index (χ1n) is 7.29. The molecule has 0 spiro atoms. The number of rotatable bonds is 7. The van der Waals surface area contributed by atoms with Crippen molar-refractivity contribution >= 4 is 5.91 Å². The van der Waals surface area contributed by atoms with Gasteiger partial charge < -0.3 is 14.4 Å². The van der Waals surface area contributed by atoms with E-state index in [2.05, 4.69) is 0 Å². The Labute approximate surface area is 120 Å². The van der Waals surface area contributed by atoms with Crippen molar-refractivity contribution in [2.75, 3.05) is 26.8 Å².